The maximum atomic E-state index is 10.7. The van der Waals surface area contributed by atoms with Crippen LogP contribution in [-0.4, -0.2) is 16.2 Å². The Labute approximate surface area is 119 Å². The first-order chi connectivity index (χ1) is 9.04. The van der Waals surface area contributed by atoms with Gasteiger partial charge in [-0.05, 0) is 42.5 Å². The monoisotopic (exact) mass is 294 g/mol. The molecule has 0 atom stereocenters. The Morgan fingerprint density at radius 3 is 2.37 bits per heavy atom. The van der Waals surface area contributed by atoms with E-state index in [1.165, 1.54) is 17.8 Å². The summed E-state index contributed by atoms with van der Waals surface area (Å²) in [5.41, 5.74) is 0.409. The predicted octanol–water partition coefficient (Wildman–Crippen LogP) is 3.82. The summed E-state index contributed by atoms with van der Waals surface area (Å²) in [6.45, 7) is 0. The quantitative estimate of drug-likeness (QED) is 0.900. The van der Waals surface area contributed by atoms with E-state index in [1.54, 1.807) is 24.3 Å². The largest absolute Gasteiger partial charge is 0.508 e. The molecule has 2 rings (SSSR count). The third-order valence-corrected chi connectivity index (χ3v) is 3.69. The Kier molecular flexibility index (Phi) is 4.35. The number of hydrogen-bond donors (Lipinski definition) is 2. The van der Waals surface area contributed by atoms with Crippen LogP contribution in [0.2, 0.25) is 5.02 Å². The van der Waals surface area contributed by atoms with Crippen molar-refractivity contribution in [2.75, 3.05) is 0 Å². The molecule has 0 amide bonds. The van der Waals surface area contributed by atoms with E-state index in [9.17, 15) is 9.90 Å². The van der Waals surface area contributed by atoms with Crippen LogP contribution >= 0.6 is 23.4 Å². The fourth-order valence-corrected chi connectivity index (χ4v) is 2.58. The second kappa shape index (κ2) is 5.99. The van der Waals surface area contributed by atoms with E-state index in [2.05, 4.69) is 0 Å². The van der Waals surface area contributed by atoms with E-state index in [1.807, 2.05) is 12.1 Å². The summed E-state index contributed by atoms with van der Waals surface area (Å²) in [6.07, 6.45) is -0.194. The molecule has 2 aromatic carbocycles. The second-order valence-corrected chi connectivity index (χ2v) is 5.50. The Morgan fingerprint density at radius 1 is 1.11 bits per heavy atom. The molecule has 0 saturated heterocycles. The zero-order chi connectivity index (χ0) is 13.8. The highest BCUT2D eigenvalue weighted by Gasteiger charge is 2.08. The van der Waals surface area contributed by atoms with Crippen LogP contribution in [0.1, 0.15) is 5.56 Å². The third-order valence-electron chi connectivity index (χ3n) is 2.44. The van der Waals surface area contributed by atoms with E-state index < -0.39 is 5.97 Å². The van der Waals surface area contributed by atoms with Gasteiger partial charge in [-0.2, -0.15) is 0 Å². The average molecular weight is 295 g/mol. The molecule has 0 spiro atoms. The van der Waals surface area contributed by atoms with Gasteiger partial charge in [0.15, 0.2) is 0 Å². The summed E-state index contributed by atoms with van der Waals surface area (Å²) < 4.78 is 0. The summed E-state index contributed by atoms with van der Waals surface area (Å²) in [6, 6.07) is 12.3. The SMILES string of the molecule is O=C(O)Cc1cc(Sc2ccc(Cl)cc2)ccc1O. The number of phenolic OH excluding ortho intramolecular Hbond substituents is 1. The number of carboxylic acid groups (broad SMARTS) is 1. The zero-order valence-corrected chi connectivity index (χ0v) is 11.4. The lowest BCUT2D eigenvalue weighted by Gasteiger charge is -2.06. The summed E-state index contributed by atoms with van der Waals surface area (Å²) in [7, 11) is 0. The molecule has 98 valence electrons. The second-order valence-electron chi connectivity index (χ2n) is 3.92. The highest BCUT2D eigenvalue weighted by atomic mass is 35.5. The van der Waals surface area contributed by atoms with Gasteiger partial charge in [0.05, 0.1) is 6.42 Å². The smallest absolute Gasteiger partial charge is 0.307 e. The lowest BCUT2D eigenvalue weighted by atomic mass is 10.1. The van der Waals surface area contributed by atoms with E-state index in [0.717, 1.165) is 9.79 Å². The van der Waals surface area contributed by atoms with Gasteiger partial charge in [0, 0.05) is 20.4 Å². The molecule has 0 fully saturated rings. The van der Waals surface area contributed by atoms with Crippen molar-refractivity contribution in [2.24, 2.45) is 0 Å². The first kappa shape index (κ1) is 13.8. The maximum Gasteiger partial charge on any atom is 0.307 e. The molecule has 0 aliphatic carbocycles. The van der Waals surface area contributed by atoms with Crippen molar-refractivity contribution in [3.63, 3.8) is 0 Å². The summed E-state index contributed by atoms with van der Waals surface area (Å²) in [5.74, 6) is -0.966. The Balaban J connectivity index is 2.21. The van der Waals surface area contributed by atoms with E-state index in [-0.39, 0.29) is 12.2 Å². The molecule has 2 N–H and O–H groups in total. The predicted molar refractivity (Wildman–Crippen MR) is 75.0 cm³/mol. The van der Waals surface area contributed by atoms with Gasteiger partial charge in [0.25, 0.3) is 0 Å². The molecule has 19 heavy (non-hydrogen) atoms. The minimum absolute atomic E-state index is 0.00264. The van der Waals surface area contributed by atoms with E-state index in [4.69, 9.17) is 16.7 Å². The third kappa shape index (κ3) is 3.91. The first-order valence-electron chi connectivity index (χ1n) is 5.52. The Hall–Kier alpha value is -1.65. The van der Waals surface area contributed by atoms with Crippen LogP contribution in [0.15, 0.2) is 52.3 Å². The number of halogens is 1. The number of hydrogen-bond acceptors (Lipinski definition) is 3. The van der Waals surface area contributed by atoms with Gasteiger partial charge in [-0.3, -0.25) is 4.79 Å². The molecule has 0 aliphatic rings. The highest BCUT2D eigenvalue weighted by molar-refractivity contribution is 7.99. The Bertz CT molecular complexity index is 596. The van der Waals surface area contributed by atoms with E-state index in [0.29, 0.717) is 10.6 Å². The summed E-state index contributed by atoms with van der Waals surface area (Å²) in [5, 5.41) is 19.0. The molecule has 0 bridgehead atoms. The number of phenols is 1. The van der Waals surface area contributed by atoms with Crippen LogP contribution in [0.25, 0.3) is 0 Å². The molecule has 0 heterocycles. The summed E-state index contributed by atoms with van der Waals surface area (Å²) >= 11 is 7.29. The van der Waals surface area contributed by atoms with Gasteiger partial charge < -0.3 is 10.2 Å². The molecular formula is C14H11ClO3S. The molecule has 0 radical (unpaired) electrons. The first-order valence-corrected chi connectivity index (χ1v) is 6.71. The normalized spacial score (nSPS) is 10.4. The molecule has 0 aliphatic heterocycles. The van der Waals surface area contributed by atoms with Gasteiger partial charge >= 0.3 is 5.97 Å². The molecule has 0 saturated carbocycles. The molecular weight excluding hydrogens is 284 g/mol. The highest BCUT2D eigenvalue weighted by Crippen LogP contribution is 2.31. The van der Waals surface area contributed by atoms with Crippen LogP contribution in [0.5, 0.6) is 5.75 Å². The van der Waals surface area contributed by atoms with Gasteiger partial charge in [-0.1, -0.05) is 23.4 Å². The lowest BCUT2D eigenvalue weighted by Crippen LogP contribution is -2.00. The van der Waals surface area contributed by atoms with Gasteiger partial charge in [0.2, 0.25) is 0 Å². The number of aliphatic carboxylic acids is 1. The Morgan fingerprint density at radius 2 is 1.74 bits per heavy atom. The van der Waals surface area contributed by atoms with Crippen molar-refractivity contribution in [3.05, 3.63) is 53.1 Å². The van der Waals surface area contributed by atoms with Crippen LogP contribution in [0.4, 0.5) is 0 Å². The molecule has 0 aromatic heterocycles. The molecule has 0 unspecified atom stereocenters. The minimum atomic E-state index is -0.969. The number of carbonyl (C=O) groups is 1. The van der Waals surface area contributed by atoms with Crippen LogP contribution in [-0.2, 0) is 11.2 Å². The van der Waals surface area contributed by atoms with Gasteiger partial charge in [0.1, 0.15) is 5.75 Å². The standard InChI is InChI=1S/C14H11ClO3S/c15-10-1-3-11(4-2-10)19-12-5-6-13(16)9(7-12)8-14(17)18/h1-7,16H,8H2,(H,17,18). The van der Waals surface area contributed by atoms with Gasteiger partial charge in [-0.15, -0.1) is 0 Å². The van der Waals surface area contributed by atoms with Crippen molar-refractivity contribution in [1.29, 1.82) is 0 Å². The van der Waals surface area contributed by atoms with Crippen LogP contribution in [0.3, 0.4) is 0 Å². The van der Waals surface area contributed by atoms with Gasteiger partial charge in [-0.25, -0.2) is 0 Å². The fraction of sp³-hybridized carbons (Fsp3) is 0.0714. The van der Waals surface area contributed by atoms with Crippen molar-refractivity contribution < 1.29 is 15.0 Å². The lowest BCUT2D eigenvalue weighted by molar-refractivity contribution is -0.136. The van der Waals surface area contributed by atoms with Crippen molar-refractivity contribution in [1.82, 2.24) is 0 Å². The fourth-order valence-electron chi connectivity index (χ4n) is 1.57. The minimum Gasteiger partial charge on any atom is -0.508 e. The number of aromatic hydroxyl groups is 1. The molecule has 3 nitrogen and oxygen atoms in total. The molecule has 5 heteroatoms. The number of benzene rings is 2. The zero-order valence-electron chi connectivity index (χ0n) is 9.84. The molecule has 2 aromatic rings. The maximum absolute atomic E-state index is 10.7. The van der Waals surface area contributed by atoms with Crippen LogP contribution in [0, 0.1) is 0 Å². The average Bonchev–Trinajstić information content (AvgIpc) is 2.36. The number of carboxylic acids is 1. The topological polar surface area (TPSA) is 57.5 Å². The van der Waals surface area contributed by atoms with Crippen molar-refractivity contribution >= 4 is 29.3 Å². The van der Waals surface area contributed by atoms with Crippen LogP contribution < -0.4 is 0 Å². The number of rotatable bonds is 4. The summed E-state index contributed by atoms with van der Waals surface area (Å²) in [4.78, 5) is 12.6. The van der Waals surface area contributed by atoms with Crippen molar-refractivity contribution in [2.45, 2.75) is 16.2 Å². The van der Waals surface area contributed by atoms with Crippen molar-refractivity contribution in [3.8, 4) is 5.75 Å². The van der Waals surface area contributed by atoms with E-state index >= 15 is 0 Å².